The minimum Gasteiger partial charge on any atom is -0.379 e. The van der Waals surface area contributed by atoms with E-state index < -0.39 is 0 Å². The van der Waals surface area contributed by atoms with E-state index in [9.17, 15) is 9.59 Å². The van der Waals surface area contributed by atoms with Gasteiger partial charge in [0.1, 0.15) is 0 Å². The van der Waals surface area contributed by atoms with Crippen molar-refractivity contribution in [2.75, 3.05) is 13.2 Å². The number of carbonyl (C=O) groups is 1. The molecule has 0 radical (unpaired) electrons. The highest BCUT2D eigenvalue weighted by Crippen LogP contribution is 2.15. The normalized spacial score (nSPS) is 20.0. The largest absolute Gasteiger partial charge is 0.379 e. The first kappa shape index (κ1) is 18.8. The summed E-state index contributed by atoms with van der Waals surface area (Å²) in [6.45, 7) is 3.69. The molecule has 0 spiro atoms. The highest BCUT2D eigenvalue weighted by molar-refractivity contribution is 7.07. The molecule has 0 aliphatic carbocycles. The summed E-state index contributed by atoms with van der Waals surface area (Å²) in [7, 11) is 0. The minimum absolute atomic E-state index is 0.0942. The third kappa shape index (κ3) is 5.00. The number of nitrogens with one attached hydrogen (secondary N) is 1. The summed E-state index contributed by atoms with van der Waals surface area (Å²) in [5.41, 5.74) is 3.42. The standard InChI is InChI=1S/C18H23N3O4S/c1-13-3-2-4-18(23)21(13)7-5-17(22)20-15-10-24-8-6-16(15)25-9-14-11-26-12-19-14/h2-4,11-12,15-16H,5-10H2,1H3,(H,20,22)/t15-,16+/m1/s1. The highest BCUT2D eigenvalue weighted by Gasteiger charge is 2.28. The molecule has 1 saturated heterocycles. The van der Waals surface area contributed by atoms with Crippen molar-refractivity contribution in [1.82, 2.24) is 14.9 Å². The number of rotatable bonds is 7. The van der Waals surface area contributed by atoms with E-state index >= 15 is 0 Å². The van der Waals surface area contributed by atoms with Gasteiger partial charge in [-0.2, -0.15) is 0 Å². The number of thiazole rings is 1. The summed E-state index contributed by atoms with van der Waals surface area (Å²) in [5.74, 6) is -0.113. The maximum atomic E-state index is 12.3. The van der Waals surface area contributed by atoms with Crippen LogP contribution < -0.4 is 10.9 Å². The molecule has 2 aromatic rings. The lowest BCUT2D eigenvalue weighted by molar-refractivity contribution is -0.126. The molecule has 26 heavy (non-hydrogen) atoms. The van der Waals surface area contributed by atoms with Crippen molar-refractivity contribution in [3.05, 3.63) is 50.8 Å². The molecule has 1 N–H and O–H groups in total. The number of hydrogen-bond donors (Lipinski definition) is 1. The monoisotopic (exact) mass is 377 g/mol. The third-order valence-corrected chi connectivity index (χ3v) is 5.03. The van der Waals surface area contributed by atoms with Crippen molar-refractivity contribution >= 4 is 17.2 Å². The van der Waals surface area contributed by atoms with Crippen LogP contribution >= 0.6 is 11.3 Å². The van der Waals surface area contributed by atoms with E-state index in [-0.39, 0.29) is 30.0 Å². The lowest BCUT2D eigenvalue weighted by Crippen LogP contribution is -2.50. The molecular weight excluding hydrogens is 354 g/mol. The molecule has 0 aromatic carbocycles. The first-order valence-electron chi connectivity index (χ1n) is 8.65. The predicted octanol–water partition coefficient (Wildman–Crippen LogP) is 1.49. The van der Waals surface area contributed by atoms with Crippen LogP contribution in [0.2, 0.25) is 0 Å². The molecule has 1 amide bonds. The van der Waals surface area contributed by atoms with Crippen LogP contribution in [0.3, 0.4) is 0 Å². The van der Waals surface area contributed by atoms with Crippen LogP contribution in [-0.4, -0.2) is 40.8 Å². The zero-order valence-corrected chi connectivity index (χ0v) is 15.5. The smallest absolute Gasteiger partial charge is 0.250 e. The van der Waals surface area contributed by atoms with Gasteiger partial charge in [0.2, 0.25) is 5.91 Å². The molecule has 0 saturated carbocycles. The SMILES string of the molecule is Cc1cccc(=O)n1CCC(=O)N[C@@H]1COCC[C@@H]1OCc1cscn1. The van der Waals surface area contributed by atoms with Gasteiger partial charge in [0, 0.05) is 36.7 Å². The molecule has 0 bridgehead atoms. The molecule has 1 aliphatic heterocycles. The number of pyridine rings is 1. The Balaban J connectivity index is 1.52. The van der Waals surface area contributed by atoms with Crippen molar-refractivity contribution in [2.45, 2.75) is 45.1 Å². The van der Waals surface area contributed by atoms with Crippen molar-refractivity contribution in [3.63, 3.8) is 0 Å². The lowest BCUT2D eigenvalue weighted by Gasteiger charge is -2.32. The van der Waals surface area contributed by atoms with E-state index in [1.807, 2.05) is 18.4 Å². The molecule has 1 fully saturated rings. The Morgan fingerprint density at radius 1 is 1.50 bits per heavy atom. The number of hydrogen-bond acceptors (Lipinski definition) is 6. The van der Waals surface area contributed by atoms with Crippen LogP contribution in [0.1, 0.15) is 24.2 Å². The first-order chi connectivity index (χ1) is 12.6. The molecule has 8 heteroatoms. The van der Waals surface area contributed by atoms with E-state index in [4.69, 9.17) is 9.47 Å². The maximum absolute atomic E-state index is 12.3. The molecule has 2 atom stereocenters. The fraction of sp³-hybridized carbons (Fsp3) is 0.500. The number of nitrogens with zero attached hydrogens (tertiary/aromatic N) is 2. The van der Waals surface area contributed by atoms with Crippen LogP contribution in [-0.2, 0) is 27.4 Å². The molecule has 1 aliphatic rings. The van der Waals surface area contributed by atoms with Gasteiger partial charge in [-0.3, -0.25) is 9.59 Å². The quantitative estimate of drug-likeness (QED) is 0.791. The van der Waals surface area contributed by atoms with E-state index in [0.717, 1.165) is 17.8 Å². The number of aromatic nitrogens is 2. The summed E-state index contributed by atoms with van der Waals surface area (Å²) in [6.07, 6.45) is 0.863. The maximum Gasteiger partial charge on any atom is 0.250 e. The average molecular weight is 377 g/mol. The van der Waals surface area contributed by atoms with E-state index in [2.05, 4.69) is 10.3 Å². The summed E-state index contributed by atoms with van der Waals surface area (Å²) >= 11 is 1.53. The number of carbonyl (C=O) groups excluding carboxylic acids is 1. The Kier molecular flexibility index (Phi) is 6.54. The molecule has 3 heterocycles. The Labute approximate surface area is 156 Å². The summed E-state index contributed by atoms with van der Waals surface area (Å²) in [4.78, 5) is 28.4. The number of amides is 1. The van der Waals surface area contributed by atoms with Gasteiger partial charge in [0.25, 0.3) is 5.56 Å². The molecule has 3 rings (SSSR count). The van der Waals surface area contributed by atoms with Gasteiger partial charge in [-0.1, -0.05) is 6.07 Å². The summed E-state index contributed by atoms with van der Waals surface area (Å²) in [5, 5.41) is 4.94. The minimum atomic E-state index is -0.191. The van der Waals surface area contributed by atoms with Crippen LogP contribution in [0.5, 0.6) is 0 Å². The Hall–Kier alpha value is -2.03. The first-order valence-corrected chi connectivity index (χ1v) is 9.60. The molecule has 140 valence electrons. The molecular formula is C18H23N3O4S. The second-order valence-corrected chi connectivity index (χ2v) is 6.99. The van der Waals surface area contributed by atoms with E-state index in [1.54, 1.807) is 16.1 Å². The lowest BCUT2D eigenvalue weighted by atomic mass is 10.1. The van der Waals surface area contributed by atoms with Crippen LogP contribution in [0, 0.1) is 6.92 Å². The van der Waals surface area contributed by atoms with Gasteiger partial charge in [0.05, 0.1) is 36.6 Å². The number of aryl methyl sites for hydroxylation is 1. The molecule has 0 unspecified atom stereocenters. The van der Waals surface area contributed by atoms with Crippen molar-refractivity contribution in [3.8, 4) is 0 Å². The topological polar surface area (TPSA) is 82.5 Å². The summed E-state index contributed by atoms with van der Waals surface area (Å²) in [6, 6.07) is 4.89. The predicted molar refractivity (Wildman–Crippen MR) is 98.1 cm³/mol. The number of ether oxygens (including phenoxy) is 2. The van der Waals surface area contributed by atoms with Crippen molar-refractivity contribution in [2.24, 2.45) is 0 Å². The zero-order chi connectivity index (χ0) is 18.4. The molecule has 7 nitrogen and oxygen atoms in total. The average Bonchev–Trinajstić information content (AvgIpc) is 3.14. The van der Waals surface area contributed by atoms with Gasteiger partial charge >= 0.3 is 0 Å². The fourth-order valence-corrected chi connectivity index (χ4v) is 3.50. The summed E-state index contributed by atoms with van der Waals surface area (Å²) < 4.78 is 13.0. The van der Waals surface area contributed by atoms with Crippen molar-refractivity contribution in [1.29, 1.82) is 0 Å². The van der Waals surface area contributed by atoms with Crippen LogP contribution in [0.25, 0.3) is 0 Å². The van der Waals surface area contributed by atoms with Gasteiger partial charge in [-0.05, 0) is 19.4 Å². The zero-order valence-electron chi connectivity index (χ0n) is 14.7. The Morgan fingerprint density at radius 3 is 3.15 bits per heavy atom. The van der Waals surface area contributed by atoms with E-state index in [1.165, 1.54) is 17.4 Å². The third-order valence-electron chi connectivity index (χ3n) is 4.40. The fourth-order valence-electron chi connectivity index (χ4n) is 2.96. The van der Waals surface area contributed by atoms with Gasteiger partial charge in [-0.15, -0.1) is 11.3 Å². The second kappa shape index (κ2) is 9.07. The Bertz CT molecular complexity index is 775. The van der Waals surface area contributed by atoms with Crippen LogP contribution in [0.15, 0.2) is 33.9 Å². The molecule has 2 aromatic heterocycles. The van der Waals surface area contributed by atoms with Gasteiger partial charge in [0.15, 0.2) is 0 Å². The highest BCUT2D eigenvalue weighted by atomic mass is 32.1. The second-order valence-electron chi connectivity index (χ2n) is 6.27. The Morgan fingerprint density at radius 2 is 2.38 bits per heavy atom. The van der Waals surface area contributed by atoms with Crippen LogP contribution in [0.4, 0.5) is 0 Å². The van der Waals surface area contributed by atoms with Gasteiger partial charge < -0.3 is 19.4 Å². The van der Waals surface area contributed by atoms with E-state index in [0.29, 0.717) is 26.4 Å². The van der Waals surface area contributed by atoms with Crippen molar-refractivity contribution < 1.29 is 14.3 Å². The van der Waals surface area contributed by atoms with Gasteiger partial charge in [-0.25, -0.2) is 4.98 Å².